The highest BCUT2D eigenvalue weighted by atomic mass is 35.5. The molecule has 2 N–H and O–H groups in total. The van der Waals surface area contributed by atoms with Crippen LogP contribution in [-0.2, 0) is 15.1 Å². The predicted molar refractivity (Wildman–Crippen MR) is 93.7 cm³/mol. The molecule has 0 bridgehead atoms. The molecule has 1 aliphatic heterocycles. The van der Waals surface area contributed by atoms with Gasteiger partial charge in [0.1, 0.15) is 5.54 Å². The molecule has 1 fully saturated rings. The number of benzene rings is 1. The van der Waals surface area contributed by atoms with Crippen molar-refractivity contribution in [3.63, 3.8) is 0 Å². The van der Waals surface area contributed by atoms with E-state index in [1.807, 2.05) is 0 Å². The van der Waals surface area contributed by atoms with E-state index < -0.39 is 11.5 Å². The van der Waals surface area contributed by atoms with Crippen molar-refractivity contribution in [2.24, 2.45) is 0 Å². The fourth-order valence-electron chi connectivity index (χ4n) is 3.04. The van der Waals surface area contributed by atoms with E-state index in [0.29, 0.717) is 18.5 Å². The van der Waals surface area contributed by atoms with Crippen molar-refractivity contribution in [1.29, 1.82) is 0 Å². The molecule has 0 unspecified atom stereocenters. The molecule has 0 aliphatic carbocycles. The van der Waals surface area contributed by atoms with Gasteiger partial charge in [-0.05, 0) is 50.2 Å². The van der Waals surface area contributed by atoms with E-state index in [0.717, 1.165) is 13.1 Å². The van der Waals surface area contributed by atoms with Crippen molar-refractivity contribution < 1.29 is 14.3 Å². The smallest absolute Gasteiger partial charge is 0.339 e. The number of carbonyl (C=O) groups is 2. The Morgan fingerprint density at radius 1 is 1.36 bits per heavy atom. The van der Waals surface area contributed by atoms with E-state index in [2.05, 4.69) is 20.5 Å². The van der Waals surface area contributed by atoms with Gasteiger partial charge in [0.15, 0.2) is 0 Å². The summed E-state index contributed by atoms with van der Waals surface area (Å²) in [5.41, 5.74) is 0.0287. The van der Waals surface area contributed by atoms with Gasteiger partial charge in [0.25, 0.3) is 5.91 Å². The summed E-state index contributed by atoms with van der Waals surface area (Å²) in [5, 5.41) is 10.7. The first kappa shape index (κ1) is 17.4. The molecule has 7 nitrogen and oxygen atoms in total. The number of piperidine rings is 1. The fraction of sp³-hybridized carbons (Fsp3) is 0.353. The summed E-state index contributed by atoms with van der Waals surface area (Å²) >= 11 is 6.13. The lowest BCUT2D eigenvalue weighted by molar-refractivity contribution is -0.126. The zero-order chi connectivity index (χ0) is 17.9. The number of hydrogen-bond donors (Lipinski definition) is 2. The van der Waals surface area contributed by atoms with E-state index in [-0.39, 0.29) is 16.5 Å². The van der Waals surface area contributed by atoms with Crippen molar-refractivity contribution in [2.45, 2.75) is 18.4 Å². The van der Waals surface area contributed by atoms with Crippen molar-refractivity contribution in [2.75, 3.05) is 25.5 Å². The molecule has 2 heterocycles. The lowest BCUT2D eigenvalue weighted by atomic mass is 9.87. The summed E-state index contributed by atoms with van der Waals surface area (Å²) in [6.45, 7) is 1.46. The summed E-state index contributed by atoms with van der Waals surface area (Å²) in [6, 6.07) is 6.52. The molecule has 1 aromatic heterocycles. The molecule has 1 aliphatic rings. The summed E-state index contributed by atoms with van der Waals surface area (Å²) in [4.78, 5) is 24.6. The van der Waals surface area contributed by atoms with Gasteiger partial charge in [-0.2, -0.15) is 5.10 Å². The van der Waals surface area contributed by atoms with Gasteiger partial charge in [0.2, 0.25) is 0 Å². The van der Waals surface area contributed by atoms with Crippen LogP contribution in [0.1, 0.15) is 23.2 Å². The van der Waals surface area contributed by atoms with Gasteiger partial charge in [-0.3, -0.25) is 9.48 Å². The average molecular weight is 363 g/mol. The Morgan fingerprint density at radius 2 is 2.12 bits per heavy atom. The molecule has 2 aromatic rings. The maximum atomic E-state index is 13.0. The number of nitrogens with zero attached hydrogens (tertiary/aromatic N) is 2. The minimum absolute atomic E-state index is 0.153. The molecular weight excluding hydrogens is 344 g/mol. The summed E-state index contributed by atoms with van der Waals surface area (Å²) in [7, 11) is 1.29. The Kier molecular flexibility index (Phi) is 5.06. The van der Waals surface area contributed by atoms with E-state index in [4.69, 9.17) is 11.6 Å². The van der Waals surface area contributed by atoms with Crippen LogP contribution in [0.4, 0.5) is 5.69 Å². The van der Waals surface area contributed by atoms with Gasteiger partial charge in [-0.15, -0.1) is 0 Å². The van der Waals surface area contributed by atoms with Crippen molar-refractivity contribution in [3.05, 3.63) is 47.2 Å². The minimum atomic E-state index is -0.748. The number of halogens is 1. The van der Waals surface area contributed by atoms with Crippen LogP contribution < -0.4 is 10.6 Å². The highest BCUT2D eigenvalue weighted by molar-refractivity contribution is 6.34. The number of hydrogen-bond acceptors (Lipinski definition) is 5. The maximum Gasteiger partial charge on any atom is 0.339 e. The number of aromatic nitrogens is 2. The zero-order valence-corrected chi connectivity index (χ0v) is 14.5. The number of amides is 1. The van der Waals surface area contributed by atoms with Crippen molar-refractivity contribution in [3.8, 4) is 0 Å². The van der Waals surface area contributed by atoms with Crippen LogP contribution >= 0.6 is 11.6 Å². The Balaban J connectivity index is 1.85. The van der Waals surface area contributed by atoms with Gasteiger partial charge < -0.3 is 15.4 Å². The van der Waals surface area contributed by atoms with Gasteiger partial charge in [0.05, 0.1) is 17.7 Å². The van der Waals surface area contributed by atoms with Crippen LogP contribution in [0.5, 0.6) is 0 Å². The fourth-order valence-corrected chi connectivity index (χ4v) is 3.30. The van der Waals surface area contributed by atoms with Crippen LogP contribution in [0, 0.1) is 0 Å². The normalized spacial score (nSPS) is 16.2. The summed E-state index contributed by atoms with van der Waals surface area (Å²) in [6.07, 6.45) is 4.74. The monoisotopic (exact) mass is 362 g/mol. The topological polar surface area (TPSA) is 85.2 Å². The maximum absolute atomic E-state index is 13.0. The molecule has 8 heteroatoms. The Hall–Kier alpha value is -2.38. The summed E-state index contributed by atoms with van der Waals surface area (Å²) in [5.74, 6) is -0.672. The van der Waals surface area contributed by atoms with Crippen LogP contribution in [0.3, 0.4) is 0 Å². The second kappa shape index (κ2) is 7.25. The summed E-state index contributed by atoms with van der Waals surface area (Å²) < 4.78 is 6.38. The molecule has 3 rings (SSSR count). The highest BCUT2D eigenvalue weighted by Crippen LogP contribution is 2.29. The Morgan fingerprint density at radius 3 is 2.72 bits per heavy atom. The minimum Gasteiger partial charge on any atom is -0.465 e. The quantitative estimate of drug-likeness (QED) is 0.813. The average Bonchev–Trinajstić information content (AvgIpc) is 3.17. The Labute approximate surface area is 150 Å². The number of esters is 1. The van der Waals surface area contributed by atoms with Crippen LogP contribution in [0.15, 0.2) is 36.7 Å². The largest absolute Gasteiger partial charge is 0.465 e. The lowest BCUT2D eigenvalue weighted by Crippen LogP contribution is -2.52. The van der Waals surface area contributed by atoms with Gasteiger partial charge in [0, 0.05) is 18.1 Å². The zero-order valence-electron chi connectivity index (χ0n) is 13.8. The molecule has 25 heavy (non-hydrogen) atoms. The molecule has 0 saturated carbocycles. The van der Waals surface area contributed by atoms with E-state index in [1.54, 1.807) is 35.3 Å². The van der Waals surface area contributed by atoms with Gasteiger partial charge in [-0.1, -0.05) is 11.6 Å². The van der Waals surface area contributed by atoms with E-state index in [1.165, 1.54) is 13.2 Å². The van der Waals surface area contributed by atoms with Crippen LogP contribution in [-0.4, -0.2) is 41.9 Å². The standard InChI is InChI=1S/C17H19ClN4O3/c1-25-15(23)13-4-3-12(11-14(13)18)21-16(24)17(5-8-19-9-6-17)22-10-2-7-20-22/h2-4,7,10-11,19H,5-6,8-9H2,1H3,(H,21,24). The third-order valence-corrected chi connectivity index (χ3v) is 4.74. The van der Waals surface area contributed by atoms with E-state index in [9.17, 15) is 9.59 Å². The first-order valence-corrected chi connectivity index (χ1v) is 8.35. The van der Waals surface area contributed by atoms with Crippen molar-refractivity contribution in [1.82, 2.24) is 15.1 Å². The second-order valence-electron chi connectivity index (χ2n) is 5.87. The molecule has 0 radical (unpaired) electrons. The Bertz CT molecular complexity index is 770. The molecule has 0 spiro atoms. The van der Waals surface area contributed by atoms with E-state index >= 15 is 0 Å². The molecule has 1 saturated heterocycles. The predicted octanol–water partition coefficient (Wildman–Crippen LogP) is 2.04. The number of rotatable bonds is 4. The highest BCUT2D eigenvalue weighted by Gasteiger charge is 2.42. The molecule has 1 aromatic carbocycles. The second-order valence-corrected chi connectivity index (χ2v) is 6.28. The van der Waals surface area contributed by atoms with Crippen LogP contribution in [0.25, 0.3) is 0 Å². The number of carbonyl (C=O) groups excluding carboxylic acids is 2. The molecular formula is C17H19ClN4O3. The SMILES string of the molecule is COC(=O)c1ccc(NC(=O)C2(n3cccn3)CCNCC2)cc1Cl. The van der Waals surface area contributed by atoms with Gasteiger partial charge >= 0.3 is 5.97 Å². The molecule has 1 amide bonds. The number of ether oxygens (including phenoxy) is 1. The number of anilines is 1. The number of methoxy groups -OCH3 is 1. The first-order valence-electron chi connectivity index (χ1n) is 7.97. The van der Waals surface area contributed by atoms with Crippen molar-refractivity contribution >= 4 is 29.2 Å². The number of nitrogens with one attached hydrogen (secondary N) is 2. The third-order valence-electron chi connectivity index (χ3n) is 4.43. The van der Waals surface area contributed by atoms with Crippen LogP contribution in [0.2, 0.25) is 5.02 Å². The molecule has 0 atom stereocenters. The lowest BCUT2D eigenvalue weighted by Gasteiger charge is -2.36. The molecule has 132 valence electrons. The third kappa shape index (κ3) is 3.38. The van der Waals surface area contributed by atoms with Gasteiger partial charge in [-0.25, -0.2) is 4.79 Å². The first-order chi connectivity index (χ1) is 12.1.